The Bertz CT molecular complexity index is 431. The average molecular weight is 262 g/mol. The zero-order chi connectivity index (χ0) is 13.1. The number of anilines is 1. The van der Waals surface area contributed by atoms with Crippen molar-refractivity contribution in [2.45, 2.75) is 38.3 Å². The van der Waals surface area contributed by atoms with Crippen molar-refractivity contribution in [3.8, 4) is 0 Å². The van der Waals surface area contributed by atoms with E-state index in [0.29, 0.717) is 6.10 Å². The van der Waals surface area contributed by atoms with Crippen LogP contribution in [0.3, 0.4) is 0 Å². The SMILES string of the molecule is CN(CC1CCCCO1)c1ncnc2c1CNCC2. The lowest BCUT2D eigenvalue weighted by Crippen LogP contribution is -2.35. The van der Waals surface area contributed by atoms with Crippen LogP contribution in [0.5, 0.6) is 0 Å². The van der Waals surface area contributed by atoms with E-state index < -0.39 is 0 Å². The molecule has 0 aromatic carbocycles. The Hall–Kier alpha value is -1.20. The second kappa shape index (κ2) is 5.84. The van der Waals surface area contributed by atoms with Gasteiger partial charge < -0.3 is 15.0 Å². The van der Waals surface area contributed by atoms with Crippen LogP contribution < -0.4 is 10.2 Å². The van der Waals surface area contributed by atoms with E-state index >= 15 is 0 Å². The molecule has 0 amide bonds. The lowest BCUT2D eigenvalue weighted by Gasteiger charge is -2.30. The molecule has 3 rings (SSSR count). The maximum Gasteiger partial charge on any atom is 0.136 e. The maximum absolute atomic E-state index is 5.81. The standard InChI is InChI=1S/C14H22N4O/c1-18(9-11-4-2-3-7-19-11)14-12-8-15-6-5-13(12)16-10-17-14/h10-11,15H,2-9H2,1H3. The lowest BCUT2D eigenvalue weighted by molar-refractivity contribution is 0.0215. The van der Waals surface area contributed by atoms with Crippen molar-refractivity contribution in [3.05, 3.63) is 17.6 Å². The minimum Gasteiger partial charge on any atom is -0.376 e. The van der Waals surface area contributed by atoms with Crippen LogP contribution in [0, 0.1) is 0 Å². The molecule has 1 fully saturated rings. The highest BCUT2D eigenvalue weighted by Gasteiger charge is 2.21. The van der Waals surface area contributed by atoms with Gasteiger partial charge in [-0.25, -0.2) is 9.97 Å². The van der Waals surface area contributed by atoms with Gasteiger partial charge in [0.1, 0.15) is 12.1 Å². The molecule has 1 N–H and O–H groups in total. The first-order valence-corrected chi connectivity index (χ1v) is 7.21. The van der Waals surface area contributed by atoms with E-state index in [2.05, 4.69) is 27.2 Å². The highest BCUT2D eigenvalue weighted by molar-refractivity contribution is 5.48. The van der Waals surface area contributed by atoms with E-state index in [-0.39, 0.29) is 0 Å². The van der Waals surface area contributed by atoms with Gasteiger partial charge in [0.25, 0.3) is 0 Å². The van der Waals surface area contributed by atoms with Crippen molar-refractivity contribution in [1.29, 1.82) is 0 Å². The van der Waals surface area contributed by atoms with Crippen LogP contribution in [0.2, 0.25) is 0 Å². The summed E-state index contributed by atoms with van der Waals surface area (Å²) in [4.78, 5) is 11.1. The smallest absolute Gasteiger partial charge is 0.136 e. The lowest BCUT2D eigenvalue weighted by atomic mass is 10.1. The summed E-state index contributed by atoms with van der Waals surface area (Å²) in [6, 6.07) is 0. The first kappa shape index (κ1) is 12.8. The second-order valence-corrected chi connectivity index (χ2v) is 5.42. The molecule has 5 nitrogen and oxygen atoms in total. The number of likely N-dealkylation sites (N-methyl/N-ethyl adjacent to an activating group) is 1. The molecule has 1 aromatic heterocycles. The quantitative estimate of drug-likeness (QED) is 0.885. The number of nitrogens with zero attached hydrogens (tertiary/aromatic N) is 3. The first-order valence-electron chi connectivity index (χ1n) is 7.21. The van der Waals surface area contributed by atoms with Crippen molar-refractivity contribution < 1.29 is 4.74 Å². The molecule has 19 heavy (non-hydrogen) atoms. The number of rotatable bonds is 3. The van der Waals surface area contributed by atoms with Crippen molar-refractivity contribution in [2.75, 3.05) is 31.6 Å². The van der Waals surface area contributed by atoms with Gasteiger partial charge in [-0.2, -0.15) is 0 Å². The van der Waals surface area contributed by atoms with Crippen LogP contribution in [-0.4, -0.2) is 42.8 Å². The van der Waals surface area contributed by atoms with Crippen LogP contribution >= 0.6 is 0 Å². The molecule has 0 saturated carbocycles. The molecule has 2 aliphatic heterocycles. The molecule has 104 valence electrons. The molecule has 2 aliphatic rings. The third-order valence-corrected chi connectivity index (χ3v) is 3.97. The largest absolute Gasteiger partial charge is 0.376 e. The molecule has 5 heteroatoms. The van der Waals surface area contributed by atoms with Gasteiger partial charge in [-0.3, -0.25) is 0 Å². The highest BCUT2D eigenvalue weighted by Crippen LogP contribution is 2.23. The van der Waals surface area contributed by atoms with Gasteiger partial charge in [0, 0.05) is 45.3 Å². The number of nitrogens with one attached hydrogen (secondary N) is 1. The van der Waals surface area contributed by atoms with Gasteiger partial charge in [0.15, 0.2) is 0 Å². The minimum absolute atomic E-state index is 0.348. The number of fused-ring (bicyclic) bond motifs is 1. The van der Waals surface area contributed by atoms with E-state index in [1.165, 1.54) is 24.1 Å². The number of aromatic nitrogens is 2. The van der Waals surface area contributed by atoms with E-state index in [1.807, 2.05) is 0 Å². The normalized spacial score (nSPS) is 22.9. The van der Waals surface area contributed by atoms with Gasteiger partial charge in [-0.1, -0.05) is 0 Å². The Kier molecular flexibility index (Phi) is 3.94. The Balaban J connectivity index is 1.73. The Morgan fingerprint density at radius 2 is 2.37 bits per heavy atom. The van der Waals surface area contributed by atoms with E-state index in [9.17, 15) is 0 Å². The fraction of sp³-hybridized carbons (Fsp3) is 0.714. The van der Waals surface area contributed by atoms with Gasteiger partial charge >= 0.3 is 0 Å². The molecule has 0 aliphatic carbocycles. The van der Waals surface area contributed by atoms with Crippen LogP contribution in [0.25, 0.3) is 0 Å². The predicted octanol–water partition coefficient (Wildman–Crippen LogP) is 1.13. The summed E-state index contributed by atoms with van der Waals surface area (Å²) >= 11 is 0. The number of hydrogen-bond donors (Lipinski definition) is 1. The summed E-state index contributed by atoms with van der Waals surface area (Å²) in [6.45, 7) is 3.71. The topological polar surface area (TPSA) is 50.3 Å². The van der Waals surface area contributed by atoms with E-state index in [1.54, 1.807) is 6.33 Å². The fourth-order valence-electron chi connectivity index (χ4n) is 2.93. The van der Waals surface area contributed by atoms with Gasteiger partial charge in [0.05, 0.1) is 11.8 Å². The number of hydrogen-bond acceptors (Lipinski definition) is 5. The Labute approximate surface area is 114 Å². The second-order valence-electron chi connectivity index (χ2n) is 5.42. The van der Waals surface area contributed by atoms with Crippen molar-refractivity contribution >= 4 is 5.82 Å². The Morgan fingerprint density at radius 1 is 1.42 bits per heavy atom. The molecule has 1 unspecified atom stereocenters. The van der Waals surface area contributed by atoms with Crippen LogP contribution in [-0.2, 0) is 17.7 Å². The van der Waals surface area contributed by atoms with Crippen molar-refractivity contribution in [3.63, 3.8) is 0 Å². The molecular formula is C14H22N4O. The zero-order valence-electron chi connectivity index (χ0n) is 11.6. The molecular weight excluding hydrogens is 240 g/mol. The van der Waals surface area contributed by atoms with E-state index in [0.717, 1.165) is 44.9 Å². The number of ether oxygens (including phenoxy) is 1. The summed E-state index contributed by atoms with van der Waals surface area (Å²) < 4.78 is 5.81. The van der Waals surface area contributed by atoms with Crippen LogP contribution in [0.4, 0.5) is 5.82 Å². The van der Waals surface area contributed by atoms with Gasteiger partial charge in [-0.05, 0) is 19.3 Å². The summed E-state index contributed by atoms with van der Waals surface area (Å²) in [5.74, 6) is 1.06. The Morgan fingerprint density at radius 3 is 3.21 bits per heavy atom. The van der Waals surface area contributed by atoms with Crippen LogP contribution in [0.1, 0.15) is 30.5 Å². The summed E-state index contributed by atoms with van der Waals surface area (Å²) in [5.41, 5.74) is 2.45. The van der Waals surface area contributed by atoms with Crippen LogP contribution in [0.15, 0.2) is 6.33 Å². The van der Waals surface area contributed by atoms with E-state index in [4.69, 9.17) is 4.74 Å². The molecule has 1 aromatic rings. The summed E-state index contributed by atoms with van der Waals surface area (Å²) in [6.07, 6.45) is 6.68. The molecule has 0 bridgehead atoms. The first-order chi connectivity index (χ1) is 9.34. The van der Waals surface area contributed by atoms with Crippen molar-refractivity contribution in [1.82, 2.24) is 15.3 Å². The molecule has 3 heterocycles. The summed E-state index contributed by atoms with van der Waals surface area (Å²) in [7, 11) is 2.11. The zero-order valence-corrected chi connectivity index (χ0v) is 11.6. The predicted molar refractivity (Wildman–Crippen MR) is 74.3 cm³/mol. The molecule has 0 spiro atoms. The average Bonchev–Trinajstić information content (AvgIpc) is 2.47. The van der Waals surface area contributed by atoms with Crippen molar-refractivity contribution in [2.24, 2.45) is 0 Å². The third kappa shape index (κ3) is 2.87. The molecule has 1 saturated heterocycles. The monoisotopic (exact) mass is 262 g/mol. The maximum atomic E-state index is 5.81. The molecule has 1 atom stereocenters. The van der Waals surface area contributed by atoms with Gasteiger partial charge in [-0.15, -0.1) is 0 Å². The minimum atomic E-state index is 0.348. The fourth-order valence-corrected chi connectivity index (χ4v) is 2.93. The molecule has 0 radical (unpaired) electrons. The van der Waals surface area contributed by atoms with Gasteiger partial charge in [0.2, 0.25) is 0 Å². The summed E-state index contributed by atoms with van der Waals surface area (Å²) in [5, 5.41) is 3.40. The highest BCUT2D eigenvalue weighted by atomic mass is 16.5. The third-order valence-electron chi connectivity index (χ3n) is 3.97.